The van der Waals surface area contributed by atoms with Crippen LogP contribution < -0.4 is 10.6 Å². The van der Waals surface area contributed by atoms with Crippen molar-refractivity contribution in [2.75, 3.05) is 23.9 Å². The number of hydrogen-bond acceptors (Lipinski definition) is 4. The second-order valence-corrected chi connectivity index (χ2v) is 13.2. The molecule has 9 heteroatoms. The van der Waals surface area contributed by atoms with Gasteiger partial charge in [0.25, 0.3) is 0 Å². The van der Waals surface area contributed by atoms with Crippen LogP contribution in [-0.2, 0) is 20.8 Å². The second kappa shape index (κ2) is 18.1. The summed E-state index contributed by atoms with van der Waals surface area (Å²) in [7, 11) is -2.69. The van der Waals surface area contributed by atoms with Crippen molar-refractivity contribution >= 4 is 21.9 Å². The fourth-order valence-electron chi connectivity index (χ4n) is 4.74. The molecule has 3 unspecified atom stereocenters. The quantitative estimate of drug-likeness (QED) is 0.201. The van der Waals surface area contributed by atoms with Crippen molar-refractivity contribution in [3.63, 3.8) is 0 Å². The maximum atomic E-state index is 13.2. The van der Waals surface area contributed by atoms with Crippen LogP contribution in [0.5, 0.6) is 0 Å². The van der Waals surface area contributed by atoms with Gasteiger partial charge >= 0.3 is 6.18 Å². The maximum absolute atomic E-state index is 13.2. The van der Waals surface area contributed by atoms with Crippen LogP contribution in [0, 0.1) is 11.8 Å². The van der Waals surface area contributed by atoms with E-state index in [2.05, 4.69) is 43.5 Å². The number of anilines is 1. The number of halogens is 3. The summed E-state index contributed by atoms with van der Waals surface area (Å²) in [5.74, 6) is 1.29. The van der Waals surface area contributed by atoms with Gasteiger partial charge in [-0.2, -0.15) is 13.2 Å². The summed E-state index contributed by atoms with van der Waals surface area (Å²) >= 11 is 0. The average molecular weight is 599 g/mol. The number of carbonyl (C=O) groups excluding carboxylic acids is 1. The van der Waals surface area contributed by atoms with Gasteiger partial charge in [-0.25, -0.2) is 8.42 Å². The number of sulfone groups is 1. The van der Waals surface area contributed by atoms with Gasteiger partial charge in [-0.1, -0.05) is 84.2 Å². The summed E-state index contributed by atoms with van der Waals surface area (Å²) in [6, 6.07) is 14.5. The predicted octanol–water partition coefficient (Wildman–Crippen LogP) is 8.39. The molecule has 2 aromatic rings. The average Bonchev–Trinajstić information content (AvgIpc) is 2.94. The molecule has 232 valence electrons. The number of carbonyl (C=O) groups is 1. The van der Waals surface area contributed by atoms with Crippen LogP contribution in [0.1, 0.15) is 102 Å². The number of rotatable bonds is 11. The first-order chi connectivity index (χ1) is 19.3. The molecule has 0 fully saturated rings. The van der Waals surface area contributed by atoms with E-state index >= 15 is 0 Å². The number of nitrogens with one attached hydrogen (secondary N) is 2. The van der Waals surface area contributed by atoms with Crippen LogP contribution in [0.2, 0.25) is 0 Å². The molecule has 0 aromatic heterocycles. The summed E-state index contributed by atoms with van der Waals surface area (Å²) < 4.78 is 60.4. The van der Waals surface area contributed by atoms with E-state index in [1.807, 2.05) is 32.0 Å². The van der Waals surface area contributed by atoms with Gasteiger partial charge in [0.05, 0.1) is 11.6 Å². The Kier molecular flexibility index (Phi) is 16.1. The van der Waals surface area contributed by atoms with Crippen LogP contribution in [0.15, 0.2) is 48.5 Å². The standard InChI is InChI=1S/C23H28F3N.C5H12O2S.C4H9NO/c1-4-15(2)10-12-19-16(3)20-14-18(23(24,25)26)11-13-21(20)27-22(19)17-8-6-5-7-9-17;1-3-4-5-8(2,6)7;1-2-3-5-4-6/h5-9,11,13-16,19,22,27H,4,10,12H2,1-3H3;3-5H2,1-2H3;4H,2-3H2,1H3,(H,5,6)/t15?,16?,19?,22-;;/m0../s1. The van der Waals surface area contributed by atoms with Crippen LogP contribution in [-0.4, -0.2) is 33.4 Å². The molecule has 2 aromatic carbocycles. The fraction of sp³-hybridized carbons (Fsp3) is 0.594. The highest BCUT2D eigenvalue weighted by Crippen LogP contribution is 2.48. The lowest BCUT2D eigenvalue weighted by Crippen LogP contribution is -2.31. The Morgan fingerprint density at radius 3 is 2.17 bits per heavy atom. The molecule has 0 radical (unpaired) electrons. The van der Waals surface area contributed by atoms with Crippen LogP contribution in [0.3, 0.4) is 0 Å². The minimum Gasteiger partial charge on any atom is -0.378 e. The molecule has 1 amide bonds. The molecule has 41 heavy (non-hydrogen) atoms. The van der Waals surface area contributed by atoms with Crippen molar-refractivity contribution in [2.45, 2.75) is 91.3 Å². The van der Waals surface area contributed by atoms with Crippen LogP contribution in [0.25, 0.3) is 0 Å². The first-order valence-electron chi connectivity index (χ1n) is 14.7. The SMILES string of the molecule is CCC(C)CCC1C(C)c2cc(C(F)(F)F)ccc2N[C@H]1c1ccccc1.CCCCS(C)(=O)=O.CCCNC=O. The summed E-state index contributed by atoms with van der Waals surface area (Å²) in [5, 5.41) is 6.06. The van der Waals surface area contributed by atoms with Gasteiger partial charge < -0.3 is 10.6 Å². The van der Waals surface area contributed by atoms with Crippen molar-refractivity contribution in [2.24, 2.45) is 11.8 Å². The van der Waals surface area contributed by atoms with Gasteiger partial charge in [0.1, 0.15) is 9.84 Å². The first kappa shape index (κ1) is 36.5. The molecule has 1 heterocycles. The Morgan fingerprint density at radius 2 is 1.71 bits per heavy atom. The van der Waals surface area contributed by atoms with E-state index in [1.54, 1.807) is 6.07 Å². The molecule has 0 aliphatic carbocycles. The summed E-state index contributed by atoms with van der Waals surface area (Å²) in [6.45, 7) is 11.3. The third kappa shape index (κ3) is 13.3. The molecule has 0 bridgehead atoms. The minimum absolute atomic E-state index is 0.0674. The second-order valence-electron chi connectivity index (χ2n) is 10.9. The third-order valence-corrected chi connectivity index (χ3v) is 8.48. The Balaban J connectivity index is 0.000000497. The van der Waals surface area contributed by atoms with Gasteiger partial charge in [-0.05, 0) is 66.3 Å². The lowest BCUT2D eigenvalue weighted by atomic mass is 9.73. The summed E-state index contributed by atoms with van der Waals surface area (Å²) in [5.41, 5.74) is 2.24. The zero-order valence-corrected chi connectivity index (χ0v) is 26.2. The minimum atomic E-state index is -4.31. The fourth-order valence-corrected chi connectivity index (χ4v) is 5.55. The predicted molar refractivity (Wildman–Crippen MR) is 164 cm³/mol. The monoisotopic (exact) mass is 598 g/mol. The van der Waals surface area contributed by atoms with E-state index in [9.17, 15) is 26.4 Å². The Hall–Kier alpha value is -2.55. The van der Waals surface area contributed by atoms with E-state index in [-0.39, 0.29) is 17.9 Å². The van der Waals surface area contributed by atoms with Crippen molar-refractivity contribution in [1.82, 2.24) is 5.32 Å². The van der Waals surface area contributed by atoms with E-state index in [1.165, 1.54) is 24.0 Å². The molecular weight excluding hydrogens is 549 g/mol. The van der Waals surface area contributed by atoms with Crippen LogP contribution in [0.4, 0.5) is 18.9 Å². The first-order valence-corrected chi connectivity index (χ1v) is 16.7. The van der Waals surface area contributed by atoms with Crippen LogP contribution >= 0.6 is 0 Å². The molecule has 1 aliphatic heterocycles. The molecular formula is C32H49F3N2O3S. The number of amides is 1. The lowest BCUT2D eigenvalue weighted by Gasteiger charge is -2.40. The summed E-state index contributed by atoms with van der Waals surface area (Å²) in [6.07, 6.45) is 3.64. The van der Waals surface area contributed by atoms with E-state index in [0.717, 1.165) is 56.3 Å². The summed E-state index contributed by atoms with van der Waals surface area (Å²) in [4.78, 5) is 9.45. The maximum Gasteiger partial charge on any atom is 0.416 e. The van der Waals surface area contributed by atoms with Gasteiger partial charge in [0, 0.05) is 24.2 Å². The smallest absolute Gasteiger partial charge is 0.378 e. The highest BCUT2D eigenvalue weighted by atomic mass is 32.2. The molecule has 3 rings (SSSR count). The number of alkyl halides is 3. The lowest BCUT2D eigenvalue weighted by molar-refractivity contribution is -0.137. The topological polar surface area (TPSA) is 75.3 Å². The van der Waals surface area contributed by atoms with E-state index < -0.39 is 21.6 Å². The number of fused-ring (bicyclic) bond motifs is 1. The van der Waals surface area contributed by atoms with Crippen molar-refractivity contribution in [3.05, 3.63) is 65.2 Å². The molecule has 4 atom stereocenters. The van der Waals surface area contributed by atoms with Gasteiger partial charge in [-0.15, -0.1) is 0 Å². The normalized spacial score (nSPS) is 18.8. The Bertz CT molecular complexity index is 1120. The van der Waals surface area contributed by atoms with E-state index in [0.29, 0.717) is 18.1 Å². The van der Waals surface area contributed by atoms with Crippen molar-refractivity contribution in [1.29, 1.82) is 0 Å². The van der Waals surface area contributed by atoms with Crippen molar-refractivity contribution < 1.29 is 26.4 Å². The third-order valence-electron chi connectivity index (χ3n) is 7.45. The van der Waals surface area contributed by atoms with Gasteiger partial charge in [-0.3, -0.25) is 4.79 Å². The van der Waals surface area contributed by atoms with Gasteiger partial charge in [0.15, 0.2) is 0 Å². The largest absolute Gasteiger partial charge is 0.416 e. The highest BCUT2D eigenvalue weighted by molar-refractivity contribution is 7.90. The molecule has 5 nitrogen and oxygen atoms in total. The molecule has 0 saturated carbocycles. The van der Waals surface area contributed by atoms with E-state index in [4.69, 9.17) is 0 Å². The number of hydrogen-bond donors (Lipinski definition) is 2. The molecule has 0 spiro atoms. The van der Waals surface area contributed by atoms with Gasteiger partial charge in [0.2, 0.25) is 6.41 Å². The van der Waals surface area contributed by atoms with Crippen molar-refractivity contribution in [3.8, 4) is 0 Å². The number of unbranched alkanes of at least 4 members (excludes halogenated alkanes) is 1. The molecule has 2 N–H and O–H groups in total. The Labute approximate surface area is 245 Å². The zero-order chi connectivity index (χ0) is 31.1. The molecule has 1 aliphatic rings. The highest BCUT2D eigenvalue weighted by Gasteiger charge is 2.37. The Morgan fingerprint density at radius 1 is 1.05 bits per heavy atom. The molecule has 0 saturated heterocycles. The zero-order valence-electron chi connectivity index (χ0n) is 25.4. The number of benzene rings is 2.